The molecule has 6 nitrogen and oxygen atoms in total. The van der Waals surface area contributed by atoms with E-state index in [9.17, 15) is 4.79 Å². The Morgan fingerprint density at radius 1 is 1.35 bits per heavy atom. The lowest BCUT2D eigenvalue weighted by molar-refractivity contribution is -0.139. The molecular weight excluding hydrogens is 228 g/mol. The van der Waals surface area contributed by atoms with Crippen LogP contribution in [0, 0.1) is 0 Å². The fraction of sp³-hybridized carbons (Fsp3) is 0.727. The molecule has 0 bridgehead atoms. The van der Waals surface area contributed by atoms with E-state index in [0.29, 0.717) is 25.2 Å². The Labute approximate surface area is 99.1 Å². The molecule has 17 heavy (non-hydrogen) atoms. The standard InChI is InChI=1S/C11H16O6/c12-1-2-14-4-8(3-9-5-15-9)11(13)17-7-10-6-16-10/h4,9-10,12H,1-3,5-7H2. The van der Waals surface area contributed by atoms with Crippen molar-refractivity contribution in [1.29, 1.82) is 0 Å². The van der Waals surface area contributed by atoms with Crippen LogP contribution < -0.4 is 0 Å². The average Bonchev–Trinajstić information content (AvgIpc) is 3.18. The molecule has 6 heteroatoms. The lowest BCUT2D eigenvalue weighted by Crippen LogP contribution is -2.14. The molecule has 2 rings (SSSR count). The number of aliphatic hydroxyl groups is 1. The highest BCUT2D eigenvalue weighted by Crippen LogP contribution is 2.20. The maximum absolute atomic E-state index is 11.7. The summed E-state index contributed by atoms with van der Waals surface area (Å²) in [5, 5.41) is 8.58. The van der Waals surface area contributed by atoms with E-state index >= 15 is 0 Å². The molecule has 2 aliphatic heterocycles. The van der Waals surface area contributed by atoms with Crippen LogP contribution in [0.5, 0.6) is 0 Å². The first-order chi connectivity index (χ1) is 8.29. The number of carbonyl (C=O) groups is 1. The molecule has 96 valence electrons. The van der Waals surface area contributed by atoms with E-state index in [1.807, 2.05) is 0 Å². The van der Waals surface area contributed by atoms with Crippen LogP contribution in [0.1, 0.15) is 6.42 Å². The van der Waals surface area contributed by atoms with Crippen molar-refractivity contribution in [3.63, 3.8) is 0 Å². The number of hydrogen-bond acceptors (Lipinski definition) is 6. The fourth-order valence-electron chi connectivity index (χ4n) is 1.25. The summed E-state index contributed by atoms with van der Waals surface area (Å²) in [6, 6.07) is 0. The molecule has 0 amide bonds. The molecule has 2 unspecified atom stereocenters. The third-order valence-corrected chi connectivity index (χ3v) is 2.35. The molecule has 0 aliphatic carbocycles. The van der Waals surface area contributed by atoms with E-state index in [2.05, 4.69) is 0 Å². The monoisotopic (exact) mass is 244 g/mol. The summed E-state index contributed by atoms with van der Waals surface area (Å²) in [7, 11) is 0. The minimum atomic E-state index is -0.408. The zero-order chi connectivity index (χ0) is 12.1. The number of esters is 1. The summed E-state index contributed by atoms with van der Waals surface area (Å²) in [6.07, 6.45) is 1.96. The van der Waals surface area contributed by atoms with Gasteiger partial charge in [0.1, 0.15) is 19.3 Å². The van der Waals surface area contributed by atoms with Crippen LogP contribution in [0.2, 0.25) is 0 Å². The summed E-state index contributed by atoms with van der Waals surface area (Å²) < 4.78 is 20.1. The number of ether oxygens (including phenoxy) is 4. The van der Waals surface area contributed by atoms with Crippen molar-refractivity contribution >= 4 is 5.97 Å². The number of rotatable bonds is 8. The molecule has 0 aromatic carbocycles. The lowest BCUT2D eigenvalue weighted by atomic mass is 10.2. The second-order valence-electron chi connectivity index (χ2n) is 3.95. The maximum Gasteiger partial charge on any atom is 0.337 e. The first-order valence-electron chi connectivity index (χ1n) is 5.61. The van der Waals surface area contributed by atoms with Gasteiger partial charge in [-0.25, -0.2) is 4.79 Å². The summed E-state index contributed by atoms with van der Waals surface area (Å²) in [5.74, 6) is -0.408. The Morgan fingerprint density at radius 3 is 2.65 bits per heavy atom. The topological polar surface area (TPSA) is 80.8 Å². The van der Waals surface area contributed by atoms with Gasteiger partial charge in [0, 0.05) is 6.42 Å². The van der Waals surface area contributed by atoms with Crippen molar-refractivity contribution in [3.8, 4) is 0 Å². The van der Waals surface area contributed by atoms with Crippen molar-refractivity contribution < 1.29 is 28.8 Å². The molecule has 1 N–H and O–H groups in total. The van der Waals surface area contributed by atoms with Crippen molar-refractivity contribution in [2.75, 3.05) is 33.0 Å². The zero-order valence-corrected chi connectivity index (χ0v) is 9.46. The normalized spacial score (nSPS) is 26.5. The van der Waals surface area contributed by atoms with E-state index in [1.54, 1.807) is 0 Å². The summed E-state index contributed by atoms with van der Waals surface area (Å²) >= 11 is 0. The van der Waals surface area contributed by atoms with Crippen LogP contribution in [0.25, 0.3) is 0 Å². The van der Waals surface area contributed by atoms with E-state index in [4.69, 9.17) is 24.1 Å². The van der Waals surface area contributed by atoms with Gasteiger partial charge in [0.15, 0.2) is 0 Å². The number of hydrogen-bond donors (Lipinski definition) is 1. The highest BCUT2D eigenvalue weighted by atomic mass is 16.6. The predicted octanol–water partition coefficient (Wildman–Crippen LogP) is -0.390. The quantitative estimate of drug-likeness (QED) is 0.206. The Kier molecular flexibility index (Phi) is 4.36. The molecule has 2 aliphatic rings. The molecule has 2 fully saturated rings. The van der Waals surface area contributed by atoms with Gasteiger partial charge in [0.2, 0.25) is 0 Å². The van der Waals surface area contributed by atoms with Crippen molar-refractivity contribution in [1.82, 2.24) is 0 Å². The van der Waals surface area contributed by atoms with Gasteiger partial charge in [-0.3, -0.25) is 0 Å². The SMILES string of the molecule is O=C(OCC1CO1)C(=COCCO)CC1CO1. The van der Waals surface area contributed by atoms with Crippen molar-refractivity contribution in [2.45, 2.75) is 18.6 Å². The first kappa shape index (κ1) is 12.3. The predicted molar refractivity (Wildman–Crippen MR) is 56.2 cm³/mol. The van der Waals surface area contributed by atoms with Crippen LogP contribution in [-0.4, -0.2) is 56.3 Å². The zero-order valence-electron chi connectivity index (χ0n) is 9.46. The molecule has 0 radical (unpaired) electrons. The Bertz CT molecular complexity index is 292. The number of aliphatic hydroxyl groups excluding tert-OH is 1. The van der Waals surface area contributed by atoms with Crippen LogP contribution in [-0.2, 0) is 23.7 Å². The summed E-state index contributed by atoms with van der Waals surface area (Å²) in [5.41, 5.74) is 0.432. The van der Waals surface area contributed by atoms with E-state index < -0.39 is 5.97 Å². The molecule has 0 saturated carbocycles. The van der Waals surface area contributed by atoms with Gasteiger partial charge in [0.05, 0.1) is 37.8 Å². The maximum atomic E-state index is 11.7. The van der Waals surface area contributed by atoms with Gasteiger partial charge < -0.3 is 24.1 Å². The van der Waals surface area contributed by atoms with Crippen LogP contribution in [0.4, 0.5) is 0 Å². The van der Waals surface area contributed by atoms with Gasteiger partial charge in [-0.2, -0.15) is 0 Å². The molecule has 0 aromatic rings. The fourth-order valence-corrected chi connectivity index (χ4v) is 1.25. The first-order valence-corrected chi connectivity index (χ1v) is 5.61. The second kappa shape index (κ2) is 6.00. The third-order valence-electron chi connectivity index (χ3n) is 2.35. The minimum absolute atomic E-state index is 0.0516. The molecule has 2 heterocycles. The van der Waals surface area contributed by atoms with Crippen LogP contribution in [0.3, 0.4) is 0 Å². The molecule has 0 aromatic heterocycles. The smallest absolute Gasteiger partial charge is 0.337 e. The largest absolute Gasteiger partial charge is 0.498 e. The van der Waals surface area contributed by atoms with Gasteiger partial charge in [-0.1, -0.05) is 0 Å². The Hall–Kier alpha value is -1.11. The van der Waals surface area contributed by atoms with E-state index in [0.717, 1.165) is 0 Å². The highest BCUT2D eigenvalue weighted by molar-refractivity contribution is 5.88. The third kappa shape index (κ3) is 4.72. The van der Waals surface area contributed by atoms with Gasteiger partial charge in [-0.15, -0.1) is 0 Å². The number of epoxide rings is 2. The average molecular weight is 244 g/mol. The van der Waals surface area contributed by atoms with Crippen LogP contribution >= 0.6 is 0 Å². The molecule has 2 saturated heterocycles. The summed E-state index contributed by atoms with van der Waals surface area (Å²) in [6.45, 7) is 1.67. The van der Waals surface area contributed by atoms with E-state index in [-0.39, 0.29) is 32.0 Å². The highest BCUT2D eigenvalue weighted by Gasteiger charge is 2.29. The molecule has 2 atom stereocenters. The van der Waals surface area contributed by atoms with Crippen molar-refractivity contribution in [3.05, 3.63) is 11.8 Å². The van der Waals surface area contributed by atoms with Gasteiger partial charge >= 0.3 is 5.97 Å². The van der Waals surface area contributed by atoms with Gasteiger partial charge in [0.25, 0.3) is 0 Å². The van der Waals surface area contributed by atoms with E-state index in [1.165, 1.54) is 6.26 Å². The van der Waals surface area contributed by atoms with Crippen LogP contribution in [0.15, 0.2) is 11.8 Å². The number of carbonyl (C=O) groups excluding carboxylic acids is 1. The minimum Gasteiger partial charge on any atom is -0.498 e. The van der Waals surface area contributed by atoms with Crippen molar-refractivity contribution in [2.24, 2.45) is 0 Å². The molecule has 0 spiro atoms. The Balaban J connectivity index is 1.78. The Morgan fingerprint density at radius 2 is 2.06 bits per heavy atom. The lowest BCUT2D eigenvalue weighted by Gasteiger charge is -2.06. The second-order valence-corrected chi connectivity index (χ2v) is 3.95. The summed E-state index contributed by atoms with van der Waals surface area (Å²) in [4.78, 5) is 11.7. The van der Waals surface area contributed by atoms with Gasteiger partial charge in [-0.05, 0) is 0 Å². The molecular formula is C11H16O6.